The van der Waals surface area contributed by atoms with Gasteiger partial charge in [0.2, 0.25) is 0 Å². The van der Waals surface area contributed by atoms with Gasteiger partial charge in [0.15, 0.2) is 0 Å². The summed E-state index contributed by atoms with van der Waals surface area (Å²) in [6, 6.07) is 15.6. The molecule has 1 aliphatic rings. The van der Waals surface area contributed by atoms with Gasteiger partial charge < -0.3 is 14.0 Å². The summed E-state index contributed by atoms with van der Waals surface area (Å²) in [6.07, 6.45) is 8.36. The molecule has 1 aliphatic carbocycles. The summed E-state index contributed by atoms with van der Waals surface area (Å²) in [6.45, 7) is 5.18. The van der Waals surface area contributed by atoms with Crippen molar-refractivity contribution in [2.24, 2.45) is 5.92 Å². The zero-order valence-electron chi connectivity index (χ0n) is 18.9. The molecular formula is C27H33NO3. The highest BCUT2D eigenvalue weighted by molar-refractivity contribution is 5.87. The Hall–Kier alpha value is -2.75. The number of hydrogen-bond acceptors (Lipinski definition) is 3. The van der Waals surface area contributed by atoms with E-state index >= 15 is 0 Å². The van der Waals surface area contributed by atoms with Gasteiger partial charge in [-0.25, -0.2) is 0 Å². The number of fused-ring (bicyclic) bond motifs is 1. The van der Waals surface area contributed by atoms with E-state index in [1.807, 2.05) is 0 Å². The van der Waals surface area contributed by atoms with Crippen molar-refractivity contribution in [2.45, 2.75) is 58.4 Å². The first-order chi connectivity index (χ1) is 15.0. The van der Waals surface area contributed by atoms with Gasteiger partial charge in [-0.2, -0.15) is 0 Å². The van der Waals surface area contributed by atoms with Gasteiger partial charge in [0, 0.05) is 35.1 Å². The maximum atomic E-state index is 11.6. The highest BCUT2D eigenvalue weighted by atomic mass is 16.5. The molecule has 4 rings (SSSR count). The van der Waals surface area contributed by atoms with Crippen molar-refractivity contribution < 1.29 is 14.3 Å². The third-order valence-corrected chi connectivity index (χ3v) is 6.43. The van der Waals surface area contributed by atoms with E-state index < -0.39 is 0 Å². The molecule has 164 valence electrons. The minimum Gasteiger partial charge on any atom is -0.493 e. The van der Waals surface area contributed by atoms with Crippen LogP contribution in [0.3, 0.4) is 0 Å². The minimum absolute atomic E-state index is 0.181. The predicted octanol–water partition coefficient (Wildman–Crippen LogP) is 6.56. The van der Waals surface area contributed by atoms with Crippen LogP contribution in [-0.2, 0) is 16.0 Å². The van der Waals surface area contributed by atoms with Gasteiger partial charge in [0.1, 0.15) is 5.75 Å². The van der Waals surface area contributed by atoms with Crippen molar-refractivity contribution in [3.8, 4) is 16.9 Å². The Morgan fingerprint density at radius 2 is 1.90 bits per heavy atom. The molecule has 4 nitrogen and oxygen atoms in total. The first-order valence-electron chi connectivity index (χ1n) is 11.5. The molecule has 0 unspecified atom stereocenters. The van der Waals surface area contributed by atoms with E-state index in [1.54, 1.807) is 0 Å². The molecule has 0 aliphatic heterocycles. The monoisotopic (exact) mass is 419 g/mol. The second-order valence-corrected chi connectivity index (χ2v) is 8.96. The Kier molecular flexibility index (Phi) is 6.64. The van der Waals surface area contributed by atoms with Gasteiger partial charge in [-0.3, -0.25) is 4.79 Å². The second kappa shape index (κ2) is 9.59. The molecule has 1 saturated carbocycles. The van der Waals surface area contributed by atoms with Gasteiger partial charge in [-0.1, -0.05) is 25.0 Å². The number of carbonyl (C=O) groups is 1. The van der Waals surface area contributed by atoms with E-state index in [-0.39, 0.29) is 5.97 Å². The van der Waals surface area contributed by atoms with E-state index in [1.165, 1.54) is 43.7 Å². The Morgan fingerprint density at radius 3 is 2.65 bits per heavy atom. The first kappa shape index (κ1) is 21.5. The number of esters is 1. The van der Waals surface area contributed by atoms with Gasteiger partial charge in [0.25, 0.3) is 0 Å². The lowest BCUT2D eigenvalue weighted by Gasteiger charge is -2.17. The third kappa shape index (κ3) is 4.95. The van der Waals surface area contributed by atoms with Gasteiger partial charge >= 0.3 is 5.97 Å². The lowest BCUT2D eigenvalue weighted by molar-refractivity contribution is -0.140. The molecule has 31 heavy (non-hydrogen) atoms. The van der Waals surface area contributed by atoms with Crippen molar-refractivity contribution in [3.63, 3.8) is 0 Å². The van der Waals surface area contributed by atoms with Crippen LogP contribution in [0.4, 0.5) is 0 Å². The molecule has 0 saturated heterocycles. The predicted molar refractivity (Wildman–Crippen MR) is 126 cm³/mol. The second-order valence-electron chi connectivity index (χ2n) is 8.96. The number of ether oxygens (including phenoxy) is 2. The number of carbonyl (C=O) groups excluding carboxylic acids is 1. The topological polar surface area (TPSA) is 40.5 Å². The third-order valence-electron chi connectivity index (χ3n) is 6.43. The van der Waals surface area contributed by atoms with Crippen molar-refractivity contribution in [1.82, 2.24) is 4.57 Å². The van der Waals surface area contributed by atoms with E-state index in [4.69, 9.17) is 9.47 Å². The van der Waals surface area contributed by atoms with Crippen LogP contribution in [0.15, 0.2) is 48.7 Å². The normalized spacial score (nSPS) is 14.5. The maximum absolute atomic E-state index is 11.6. The summed E-state index contributed by atoms with van der Waals surface area (Å²) in [5.74, 6) is 1.41. The number of benzene rings is 2. The summed E-state index contributed by atoms with van der Waals surface area (Å²) in [7, 11) is 1.44. The highest BCUT2D eigenvalue weighted by Crippen LogP contribution is 2.35. The number of rotatable bonds is 8. The molecule has 0 radical (unpaired) electrons. The molecule has 4 heteroatoms. The fraction of sp³-hybridized carbons (Fsp3) is 0.444. The number of methoxy groups -OCH3 is 1. The van der Waals surface area contributed by atoms with Crippen molar-refractivity contribution in [2.75, 3.05) is 13.7 Å². The van der Waals surface area contributed by atoms with E-state index in [0.29, 0.717) is 24.8 Å². The molecule has 0 N–H and O–H groups in total. The Labute approximate surface area is 185 Å². The van der Waals surface area contributed by atoms with E-state index in [0.717, 1.165) is 29.0 Å². The van der Waals surface area contributed by atoms with Crippen LogP contribution in [0.25, 0.3) is 22.0 Å². The molecule has 0 spiro atoms. The van der Waals surface area contributed by atoms with Gasteiger partial charge in [-0.05, 0) is 80.5 Å². The molecule has 1 heterocycles. The lowest BCUT2D eigenvalue weighted by Crippen LogP contribution is -2.09. The quantitative estimate of drug-likeness (QED) is 0.388. The summed E-state index contributed by atoms with van der Waals surface area (Å²) in [5.41, 5.74) is 4.61. The van der Waals surface area contributed by atoms with E-state index in [2.05, 4.69) is 67.1 Å². The zero-order chi connectivity index (χ0) is 21.8. The molecular weight excluding hydrogens is 386 g/mol. The van der Waals surface area contributed by atoms with Crippen LogP contribution >= 0.6 is 0 Å². The highest BCUT2D eigenvalue weighted by Gasteiger charge is 2.17. The molecule has 0 atom stereocenters. The summed E-state index contributed by atoms with van der Waals surface area (Å²) in [4.78, 5) is 11.6. The summed E-state index contributed by atoms with van der Waals surface area (Å²) in [5, 5.41) is 1.23. The molecule has 2 aromatic carbocycles. The van der Waals surface area contributed by atoms with Crippen LogP contribution in [0.5, 0.6) is 5.75 Å². The van der Waals surface area contributed by atoms with E-state index in [9.17, 15) is 4.79 Å². The molecule has 0 amide bonds. The summed E-state index contributed by atoms with van der Waals surface area (Å²) < 4.78 is 13.4. The SMILES string of the molecule is COC(=O)CCc1ccc(OCC2CCCC2)c(-c2ccc3c(ccn3C(C)C)c2)c1. The molecule has 0 bridgehead atoms. The Bertz CT molecular complexity index is 1040. The maximum Gasteiger partial charge on any atom is 0.305 e. The molecule has 3 aromatic rings. The molecule has 1 fully saturated rings. The number of hydrogen-bond donors (Lipinski definition) is 0. The first-order valence-corrected chi connectivity index (χ1v) is 11.5. The fourth-order valence-electron chi connectivity index (χ4n) is 4.60. The van der Waals surface area contributed by atoms with Crippen molar-refractivity contribution in [1.29, 1.82) is 0 Å². The summed E-state index contributed by atoms with van der Waals surface area (Å²) >= 11 is 0. The standard InChI is InChI=1S/C27H33NO3/c1-19(2)28-15-14-23-17-22(10-11-25(23)28)24-16-20(9-13-27(29)30-3)8-12-26(24)31-18-21-6-4-5-7-21/h8,10-12,14-17,19,21H,4-7,9,13,18H2,1-3H3. The number of nitrogens with zero attached hydrogens (tertiary/aromatic N) is 1. The minimum atomic E-state index is -0.181. The van der Waals surface area contributed by atoms with Crippen molar-refractivity contribution in [3.05, 3.63) is 54.2 Å². The largest absolute Gasteiger partial charge is 0.493 e. The zero-order valence-corrected chi connectivity index (χ0v) is 18.9. The average molecular weight is 420 g/mol. The fourth-order valence-corrected chi connectivity index (χ4v) is 4.60. The number of aryl methyl sites for hydroxylation is 1. The van der Waals surface area contributed by atoms with Gasteiger partial charge in [0.05, 0.1) is 13.7 Å². The van der Waals surface area contributed by atoms with Crippen molar-refractivity contribution >= 4 is 16.9 Å². The van der Waals surface area contributed by atoms with Crippen LogP contribution in [-0.4, -0.2) is 24.3 Å². The number of aromatic nitrogens is 1. The average Bonchev–Trinajstić information content (AvgIpc) is 3.45. The van der Waals surface area contributed by atoms with Crippen LogP contribution in [0, 0.1) is 5.92 Å². The van der Waals surface area contributed by atoms with Crippen LogP contribution < -0.4 is 4.74 Å². The lowest BCUT2D eigenvalue weighted by atomic mass is 9.98. The van der Waals surface area contributed by atoms with Crippen LogP contribution in [0.1, 0.15) is 57.6 Å². The Morgan fingerprint density at radius 1 is 1.10 bits per heavy atom. The smallest absolute Gasteiger partial charge is 0.305 e. The van der Waals surface area contributed by atoms with Crippen LogP contribution in [0.2, 0.25) is 0 Å². The Balaban J connectivity index is 1.65. The van der Waals surface area contributed by atoms with Gasteiger partial charge in [-0.15, -0.1) is 0 Å². The molecule has 1 aromatic heterocycles.